The van der Waals surface area contributed by atoms with Crippen LogP contribution in [0, 0.1) is 13.8 Å². The summed E-state index contributed by atoms with van der Waals surface area (Å²) in [6, 6.07) is 17.4. The van der Waals surface area contributed by atoms with E-state index in [1.54, 1.807) is 18.5 Å². The lowest BCUT2D eigenvalue weighted by Crippen LogP contribution is -2.12. The van der Waals surface area contributed by atoms with Gasteiger partial charge in [0.15, 0.2) is 0 Å². The second-order valence-electron chi connectivity index (χ2n) is 6.12. The maximum atomic E-state index is 13.3. The van der Waals surface area contributed by atoms with Crippen LogP contribution in [-0.2, 0) is 0 Å². The SMILES string of the molecule is Cc1ccc(C(=O)c2cc3ccccc3n2-c2ncccn2)c(C)c1. The van der Waals surface area contributed by atoms with Crippen LogP contribution in [0.4, 0.5) is 0 Å². The van der Waals surface area contributed by atoms with Crippen molar-refractivity contribution in [3.63, 3.8) is 0 Å². The molecule has 4 rings (SSSR count). The Hall–Kier alpha value is -3.27. The molecule has 2 aromatic heterocycles. The molecule has 0 aliphatic carbocycles. The van der Waals surface area contributed by atoms with E-state index >= 15 is 0 Å². The van der Waals surface area contributed by atoms with Crippen molar-refractivity contribution in [3.8, 4) is 5.95 Å². The number of carbonyl (C=O) groups is 1. The van der Waals surface area contributed by atoms with E-state index in [4.69, 9.17) is 0 Å². The van der Waals surface area contributed by atoms with Crippen molar-refractivity contribution in [1.82, 2.24) is 14.5 Å². The van der Waals surface area contributed by atoms with Gasteiger partial charge in [-0.25, -0.2) is 9.97 Å². The number of rotatable bonds is 3. The van der Waals surface area contributed by atoms with Gasteiger partial charge in [0.05, 0.1) is 11.2 Å². The molecule has 0 saturated heterocycles. The average molecular weight is 327 g/mol. The van der Waals surface area contributed by atoms with Gasteiger partial charge in [0.25, 0.3) is 0 Å². The van der Waals surface area contributed by atoms with Gasteiger partial charge in [-0.1, -0.05) is 42.0 Å². The third kappa shape index (κ3) is 2.62. The summed E-state index contributed by atoms with van der Waals surface area (Å²) >= 11 is 0. The molecular weight excluding hydrogens is 310 g/mol. The van der Waals surface area contributed by atoms with Crippen LogP contribution in [0.3, 0.4) is 0 Å². The average Bonchev–Trinajstić information content (AvgIpc) is 3.01. The van der Waals surface area contributed by atoms with Crippen molar-refractivity contribution < 1.29 is 4.79 Å². The van der Waals surface area contributed by atoms with Crippen molar-refractivity contribution in [1.29, 1.82) is 0 Å². The number of nitrogens with zero attached hydrogens (tertiary/aromatic N) is 3. The van der Waals surface area contributed by atoms with E-state index in [-0.39, 0.29) is 5.78 Å². The second-order valence-corrected chi connectivity index (χ2v) is 6.12. The minimum absolute atomic E-state index is 0.0267. The van der Waals surface area contributed by atoms with E-state index in [0.717, 1.165) is 22.0 Å². The van der Waals surface area contributed by atoms with Crippen LogP contribution in [0.15, 0.2) is 67.0 Å². The van der Waals surface area contributed by atoms with Gasteiger partial charge in [-0.15, -0.1) is 0 Å². The van der Waals surface area contributed by atoms with Crippen molar-refractivity contribution >= 4 is 16.7 Å². The predicted molar refractivity (Wildman–Crippen MR) is 98.2 cm³/mol. The Kier molecular flexibility index (Phi) is 3.65. The van der Waals surface area contributed by atoms with Gasteiger partial charge in [-0.3, -0.25) is 9.36 Å². The van der Waals surface area contributed by atoms with Crippen LogP contribution < -0.4 is 0 Å². The molecule has 0 aliphatic rings. The monoisotopic (exact) mass is 327 g/mol. The number of para-hydroxylation sites is 1. The molecule has 0 saturated carbocycles. The molecule has 2 aromatic carbocycles. The lowest BCUT2D eigenvalue weighted by atomic mass is 10.0. The molecule has 0 spiro atoms. The van der Waals surface area contributed by atoms with E-state index < -0.39 is 0 Å². The highest BCUT2D eigenvalue weighted by molar-refractivity contribution is 6.11. The highest BCUT2D eigenvalue weighted by Gasteiger charge is 2.20. The minimum Gasteiger partial charge on any atom is -0.287 e. The van der Waals surface area contributed by atoms with E-state index in [1.807, 2.05) is 66.9 Å². The Labute approximate surface area is 145 Å². The number of aryl methyl sites for hydroxylation is 2. The summed E-state index contributed by atoms with van der Waals surface area (Å²) in [7, 11) is 0. The zero-order valence-electron chi connectivity index (χ0n) is 14.1. The molecular formula is C21H17N3O. The molecule has 0 amide bonds. The highest BCUT2D eigenvalue weighted by Crippen LogP contribution is 2.25. The van der Waals surface area contributed by atoms with Gasteiger partial charge >= 0.3 is 0 Å². The quantitative estimate of drug-likeness (QED) is 0.528. The minimum atomic E-state index is -0.0267. The van der Waals surface area contributed by atoms with Crippen LogP contribution >= 0.6 is 0 Å². The fraction of sp³-hybridized carbons (Fsp3) is 0.0952. The van der Waals surface area contributed by atoms with Crippen molar-refractivity contribution in [2.45, 2.75) is 13.8 Å². The smallest absolute Gasteiger partial charge is 0.234 e. The third-order valence-electron chi connectivity index (χ3n) is 4.32. The standard InChI is InChI=1S/C21H17N3O/c1-14-8-9-17(15(2)12-14)20(25)19-13-16-6-3-4-7-18(16)24(19)21-22-10-5-11-23-21/h3-13H,1-2H3. The molecule has 0 unspecified atom stereocenters. The van der Waals surface area contributed by atoms with E-state index in [2.05, 4.69) is 9.97 Å². The third-order valence-corrected chi connectivity index (χ3v) is 4.32. The zero-order chi connectivity index (χ0) is 17.4. The number of aromatic nitrogens is 3. The predicted octanol–water partition coefficient (Wildman–Crippen LogP) is 4.27. The van der Waals surface area contributed by atoms with Crippen molar-refractivity contribution in [2.75, 3.05) is 0 Å². The maximum absolute atomic E-state index is 13.3. The Morgan fingerprint density at radius 1 is 0.920 bits per heavy atom. The molecule has 0 bridgehead atoms. The Morgan fingerprint density at radius 2 is 1.68 bits per heavy atom. The Balaban J connectivity index is 1.97. The zero-order valence-corrected chi connectivity index (χ0v) is 14.1. The summed E-state index contributed by atoms with van der Waals surface area (Å²) in [5.41, 5.74) is 4.29. The second kappa shape index (κ2) is 5.98. The molecule has 0 radical (unpaired) electrons. The van der Waals surface area contributed by atoms with Crippen molar-refractivity contribution in [2.24, 2.45) is 0 Å². The fourth-order valence-electron chi connectivity index (χ4n) is 3.15. The Morgan fingerprint density at radius 3 is 2.44 bits per heavy atom. The normalized spacial score (nSPS) is 11.0. The molecule has 122 valence electrons. The van der Waals surface area contributed by atoms with E-state index in [1.165, 1.54) is 0 Å². The topological polar surface area (TPSA) is 47.8 Å². The van der Waals surface area contributed by atoms with Crippen molar-refractivity contribution in [3.05, 3.63) is 89.4 Å². The first-order valence-electron chi connectivity index (χ1n) is 8.15. The molecule has 0 aliphatic heterocycles. The number of ketones is 1. The lowest BCUT2D eigenvalue weighted by Gasteiger charge is -2.10. The van der Waals surface area contributed by atoms with E-state index in [0.29, 0.717) is 17.2 Å². The summed E-state index contributed by atoms with van der Waals surface area (Å²) < 4.78 is 1.83. The summed E-state index contributed by atoms with van der Waals surface area (Å²) in [4.78, 5) is 22.0. The van der Waals surface area contributed by atoms with Gasteiger partial charge in [0.1, 0.15) is 0 Å². The molecule has 0 fully saturated rings. The Bertz CT molecular complexity index is 1080. The molecule has 4 aromatic rings. The van der Waals surface area contributed by atoms with Crippen LogP contribution in [-0.4, -0.2) is 20.3 Å². The van der Waals surface area contributed by atoms with Gasteiger partial charge in [0, 0.05) is 23.3 Å². The summed E-state index contributed by atoms with van der Waals surface area (Å²) in [5.74, 6) is 0.470. The summed E-state index contributed by atoms with van der Waals surface area (Å²) in [6.07, 6.45) is 3.37. The fourth-order valence-corrected chi connectivity index (χ4v) is 3.15. The van der Waals surface area contributed by atoms with Gasteiger partial charge in [0.2, 0.25) is 11.7 Å². The summed E-state index contributed by atoms with van der Waals surface area (Å²) in [5, 5.41) is 0.989. The number of benzene rings is 2. The molecule has 2 heterocycles. The first-order chi connectivity index (χ1) is 12.1. The highest BCUT2D eigenvalue weighted by atomic mass is 16.1. The van der Waals surface area contributed by atoms with Gasteiger partial charge in [-0.2, -0.15) is 0 Å². The molecule has 0 N–H and O–H groups in total. The maximum Gasteiger partial charge on any atom is 0.234 e. The number of fused-ring (bicyclic) bond motifs is 1. The largest absolute Gasteiger partial charge is 0.287 e. The molecule has 0 atom stereocenters. The first kappa shape index (κ1) is 15.3. The first-order valence-corrected chi connectivity index (χ1v) is 8.15. The van der Waals surface area contributed by atoms with Crippen LogP contribution in [0.1, 0.15) is 27.2 Å². The van der Waals surface area contributed by atoms with Crippen LogP contribution in [0.5, 0.6) is 0 Å². The molecule has 4 nitrogen and oxygen atoms in total. The number of hydrogen-bond acceptors (Lipinski definition) is 3. The van der Waals surface area contributed by atoms with Gasteiger partial charge in [-0.05, 0) is 37.6 Å². The van der Waals surface area contributed by atoms with Crippen LogP contribution in [0.2, 0.25) is 0 Å². The molecule has 25 heavy (non-hydrogen) atoms. The van der Waals surface area contributed by atoms with E-state index in [9.17, 15) is 4.79 Å². The van der Waals surface area contributed by atoms with Crippen LogP contribution in [0.25, 0.3) is 16.9 Å². The molecule has 4 heteroatoms. The number of hydrogen-bond donors (Lipinski definition) is 0. The summed E-state index contributed by atoms with van der Waals surface area (Å²) in [6.45, 7) is 3.99. The van der Waals surface area contributed by atoms with Gasteiger partial charge < -0.3 is 0 Å². The lowest BCUT2D eigenvalue weighted by molar-refractivity contribution is 0.103. The number of carbonyl (C=O) groups excluding carboxylic acids is 1.